The van der Waals surface area contributed by atoms with Gasteiger partial charge in [0.25, 0.3) is 5.91 Å². The molecule has 1 aromatic rings. The van der Waals surface area contributed by atoms with Crippen molar-refractivity contribution in [1.29, 1.82) is 0 Å². The monoisotopic (exact) mass is 274 g/mol. The summed E-state index contributed by atoms with van der Waals surface area (Å²) in [7, 11) is 0. The number of aryl methyl sites for hydroxylation is 1. The number of piperidine rings is 1. The Morgan fingerprint density at radius 1 is 1.35 bits per heavy atom. The molecule has 1 saturated heterocycles. The molecule has 0 unspecified atom stereocenters. The Balaban J connectivity index is 1.81. The van der Waals surface area contributed by atoms with E-state index in [9.17, 15) is 9.90 Å². The van der Waals surface area contributed by atoms with Crippen LogP contribution in [-0.2, 0) is 6.42 Å². The van der Waals surface area contributed by atoms with Gasteiger partial charge in [-0.3, -0.25) is 4.79 Å². The van der Waals surface area contributed by atoms with E-state index >= 15 is 0 Å². The fraction of sp³-hybridized carbons (Fsp3) is 0.562. The van der Waals surface area contributed by atoms with E-state index in [-0.39, 0.29) is 5.91 Å². The number of rotatable bonds is 1. The van der Waals surface area contributed by atoms with Crippen LogP contribution in [0.2, 0.25) is 0 Å². The Bertz CT molecular complexity index is 515. The second-order valence-corrected chi connectivity index (χ2v) is 6.16. The molecule has 20 heavy (non-hydrogen) atoms. The van der Waals surface area contributed by atoms with Gasteiger partial charge in [0, 0.05) is 19.6 Å². The molecule has 3 rings (SSSR count). The van der Waals surface area contributed by atoms with Gasteiger partial charge in [-0.05, 0) is 44.2 Å². The molecule has 2 aliphatic rings. The van der Waals surface area contributed by atoms with Gasteiger partial charge in [0.1, 0.15) is 0 Å². The number of carbonyl (C=O) groups excluding carboxylic acids is 1. The van der Waals surface area contributed by atoms with Crippen molar-refractivity contribution in [1.82, 2.24) is 4.90 Å². The zero-order valence-corrected chi connectivity index (χ0v) is 12.0. The molecule has 4 heteroatoms. The SMILES string of the molecule is CC1(O)CCN(C(=O)c2cccc3c2NCCC3)CC1. The van der Waals surface area contributed by atoms with Gasteiger partial charge in [0.05, 0.1) is 16.9 Å². The van der Waals surface area contributed by atoms with E-state index in [1.165, 1.54) is 5.56 Å². The normalized spacial score (nSPS) is 21.0. The number of amides is 1. The highest BCUT2D eigenvalue weighted by Gasteiger charge is 2.31. The minimum atomic E-state index is -0.620. The van der Waals surface area contributed by atoms with Gasteiger partial charge in [0.2, 0.25) is 0 Å². The number of likely N-dealkylation sites (tertiary alicyclic amines) is 1. The summed E-state index contributed by atoms with van der Waals surface area (Å²) in [5, 5.41) is 13.4. The van der Waals surface area contributed by atoms with Crippen LogP contribution in [0.4, 0.5) is 5.69 Å². The number of nitrogens with zero attached hydrogens (tertiary/aromatic N) is 1. The number of benzene rings is 1. The number of aliphatic hydroxyl groups is 1. The highest BCUT2D eigenvalue weighted by atomic mass is 16.3. The van der Waals surface area contributed by atoms with E-state index in [1.54, 1.807) is 0 Å². The molecule has 0 bridgehead atoms. The number of hydrogen-bond acceptors (Lipinski definition) is 3. The van der Waals surface area contributed by atoms with Crippen LogP contribution >= 0.6 is 0 Å². The molecule has 0 aliphatic carbocycles. The quantitative estimate of drug-likeness (QED) is 0.824. The summed E-state index contributed by atoms with van der Waals surface area (Å²) in [5.41, 5.74) is 2.42. The third kappa shape index (κ3) is 2.52. The van der Waals surface area contributed by atoms with Gasteiger partial charge in [-0.1, -0.05) is 12.1 Å². The maximum atomic E-state index is 12.7. The Morgan fingerprint density at radius 2 is 2.10 bits per heavy atom. The Kier molecular flexibility index (Phi) is 3.42. The van der Waals surface area contributed by atoms with Crippen LogP contribution in [0.25, 0.3) is 0 Å². The zero-order chi connectivity index (χ0) is 14.2. The van der Waals surface area contributed by atoms with Crippen LogP contribution < -0.4 is 5.32 Å². The summed E-state index contributed by atoms with van der Waals surface area (Å²) < 4.78 is 0. The molecule has 0 atom stereocenters. The van der Waals surface area contributed by atoms with Gasteiger partial charge >= 0.3 is 0 Å². The van der Waals surface area contributed by atoms with E-state index in [2.05, 4.69) is 11.4 Å². The first-order valence-electron chi connectivity index (χ1n) is 7.44. The second-order valence-electron chi connectivity index (χ2n) is 6.16. The van der Waals surface area contributed by atoms with Crippen molar-refractivity contribution in [2.24, 2.45) is 0 Å². The summed E-state index contributed by atoms with van der Waals surface area (Å²) in [6.07, 6.45) is 3.47. The fourth-order valence-electron chi connectivity index (χ4n) is 3.05. The average Bonchev–Trinajstić information content (AvgIpc) is 2.46. The molecule has 0 radical (unpaired) electrons. The summed E-state index contributed by atoms with van der Waals surface area (Å²) in [4.78, 5) is 14.6. The largest absolute Gasteiger partial charge is 0.390 e. The van der Waals surface area contributed by atoms with E-state index in [1.807, 2.05) is 24.0 Å². The van der Waals surface area contributed by atoms with Gasteiger partial charge in [-0.2, -0.15) is 0 Å². The third-order valence-electron chi connectivity index (χ3n) is 4.43. The van der Waals surface area contributed by atoms with E-state index in [0.29, 0.717) is 25.9 Å². The molecule has 1 amide bonds. The molecule has 2 aliphatic heterocycles. The minimum Gasteiger partial charge on any atom is -0.390 e. The van der Waals surface area contributed by atoms with Crippen LogP contribution in [0.15, 0.2) is 18.2 Å². The predicted octanol–water partition coefficient (Wildman–Crippen LogP) is 2.03. The minimum absolute atomic E-state index is 0.0896. The number of anilines is 1. The molecule has 4 nitrogen and oxygen atoms in total. The van der Waals surface area contributed by atoms with Gasteiger partial charge < -0.3 is 15.3 Å². The molecule has 0 saturated carbocycles. The van der Waals surface area contributed by atoms with Crippen molar-refractivity contribution in [3.8, 4) is 0 Å². The van der Waals surface area contributed by atoms with Gasteiger partial charge in [-0.25, -0.2) is 0 Å². The lowest BCUT2D eigenvalue weighted by molar-refractivity contribution is -0.00199. The van der Waals surface area contributed by atoms with E-state index in [4.69, 9.17) is 0 Å². The molecular formula is C16H22N2O2. The number of fused-ring (bicyclic) bond motifs is 1. The average molecular weight is 274 g/mol. The second kappa shape index (κ2) is 5.09. The van der Waals surface area contributed by atoms with Crippen LogP contribution in [0.3, 0.4) is 0 Å². The highest BCUT2D eigenvalue weighted by Crippen LogP contribution is 2.29. The van der Waals surface area contributed by atoms with Crippen molar-refractivity contribution >= 4 is 11.6 Å². The van der Waals surface area contributed by atoms with Crippen molar-refractivity contribution < 1.29 is 9.90 Å². The predicted molar refractivity (Wildman–Crippen MR) is 79.0 cm³/mol. The molecule has 2 N–H and O–H groups in total. The Labute approximate surface area is 119 Å². The molecule has 108 valence electrons. The molecule has 1 fully saturated rings. The molecular weight excluding hydrogens is 252 g/mol. The standard InChI is InChI=1S/C16H22N2O2/c1-16(20)7-10-18(11-8-16)15(19)13-6-2-4-12-5-3-9-17-14(12)13/h2,4,6,17,20H,3,5,7-11H2,1H3. The lowest BCUT2D eigenvalue weighted by atomic mass is 9.93. The zero-order valence-electron chi connectivity index (χ0n) is 12.0. The molecule has 1 aromatic carbocycles. The molecule has 0 spiro atoms. The first kappa shape index (κ1) is 13.4. The maximum Gasteiger partial charge on any atom is 0.255 e. The molecule has 0 aromatic heterocycles. The highest BCUT2D eigenvalue weighted by molar-refractivity contribution is 6.00. The summed E-state index contributed by atoms with van der Waals surface area (Å²) in [5.74, 6) is 0.0896. The van der Waals surface area contributed by atoms with Crippen LogP contribution in [0, 0.1) is 0 Å². The maximum absolute atomic E-state index is 12.7. The number of nitrogens with one attached hydrogen (secondary N) is 1. The van der Waals surface area contributed by atoms with Gasteiger partial charge in [-0.15, -0.1) is 0 Å². The fourth-order valence-corrected chi connectivity index (χ4v) is 3.05. The third-order valence-corrected chi connectivity index (χ3v) is 4.43. The summed E-state index contributed by atoms with van der Waals surface area (Å²) in [6.45, 7) is 4.05. The lowest BCUT2D eigenvalue weighted by Gasteiger charge is -2.36. The van der Waals surface area contributed by atoms with Crippen molar-refractivity contribution in [3.05, 3.63) is 29.3 Å². The van der Waals surface area contributed by atoms with Crippen LogP contribution in [-0.4, -0.2) is 41.1 Å². The molecule has 2 heterocycles. The first-order chi connectivity index (χ1) is 9.57. The van der Waals surface area contributed by atoms with Crippen molar-refractivity contribution in [2.75, 3.05) is 25.0 Å². The number of hydrogen-bond donors (Lipinski definition) is 2. The van der Waals surface area contributed by atoms with Gasteiger partial charge in [0.15, 0.2) is 0 Å². The summed E-state index contributed by atoms with van der Waals surface area (Å²) >= 11 is 0. The smallest absolute Gasteiger partial charge is 0.255 e. The van der Waals surface area contributed by atoms with Crippen molar-refractivity contribution in [3.63, 3.8) is 0 Å². The number of para-hydroxylation sites is 1. The topological polar surface area (TPSA) is 52.6 Å². The Hall–Kier alpha value is -1.55. The number of carbonyl (C=O) groups is 1. The first-order valence-corrected chi connectivity index (χ1v) is 7.44. The van der Waals surface area contributed by atoms with E-state index in [0.717, 1.165) is 30.6 Å². The lowest BCUT2D eigenvalue weighted by Crippen LogP contribution is -2.45. The Morgan fingerprint density at radius 3 is 2.85 bits per heavy atom. The van der Waals surface area contributed by atoms with Crippen LogP contribution in [0.1, 0.15) is 42.1 Å². The van der Waals surface area contributed by atoms with Crippen LogP contribution in [0.5, 0.6) is 0 Å². The summed E-state index contributed by atoms with van der Waals surface area (Å²) in [6, 6.07) is 5.98. The van der Waals surface area contributed by atoms with Crippen molar-refractivity contribution in [2.45, 2.75) is 38.2 Å². The van der Waals surface area contributed by atoms with E-state index < -0.39 is 5.60 Å².